The summed E-state index contributed by atoms with van der Waals surface area (Å²) in [7, 11) is 0. The van der Waals surface area contributed by atoms with Gasteiger partial charge in [-0.1, -0.05) is 66.7 Å². The molecule has 3 aromatic carbocycles. The second-order valence-corrected chi connectivity index (χ2v) is 7.43. The number of fused-ring (bicyclic) bond motifs is 1. The molecule has 0 spiro atoms. The summed E-state index contributed by atoms with van der Waals surface area (Å²) >= 11 is 0. The molecular formula is C27H21NO. The molecule has 0 atom stereocenters. The maximum absolute atomic E-state index is 6.25. The first-order valence-corrected chi connectivity index (χ1v) is 9.81. The summed E-state index contributed by atoms with van der Waals surface area (Å²) in [4.78, 5) is 4.70. The molecule has 0 saturated carbocycles. The van der Waals surface area contributed by atoms with Crippen molar-refractivity contribution in [2.24, 2.45) is 0 Å². The fourth-order valence-electron chi connectivity index (χ4n) is 3.91. The molecule has 0 aliphatic heterocycles. The highest BCUT2D eigenvalue weighted by molar-refractivity contribution is 5.86. The summed E-state index contributed by atoms with van der Waals surface area (Å²) in [6.45, 7) is 4.24. The fraction of sp³-hybridized carbons (Fsp3) is 0.0741. The molecule has 0 amide bonds. The van der Waals surface area contributed by atoms with E-state index in [1.54, 1.807) is 0 Å². The number of pyridine rings is 1. The van der Waals surface area contributed by atoms with Gasteiger partial charge in [0.05, 0.1) is 5.69 Å². The predicted molar refractivity (Wildman–Crippen MR) is 120 cm³/mol. The number of furan rings is 1. The third kappa shape index (κ3) is 3.23. The lowest BCUT2D eigenvalue weighted by atomic mass is 10.0. The van der Waals surface area contributed by atoms with Crippen LogP contribution >= 0.6 is 0 Å². The highest BCUT2D eigenvalue weighted by Crippen LogP contribution is 2.34. The largest absolute Gasteiger partial charge is 0.456 e. The van der Waals surface area contributed by atoms with Crippen LogP contribution in [0.1, 0.15) is 11.1 Å². The van der Waals surface area contributed by atoms with E-state index >= 15 is 0 Å². The summed E-state index contributed by atoms with van der Waals surface area (Å²) in [5, 5.41) is 1.02. The Morgan fingerprint density at radius 2 is 1.34 bits per heavy atom. The van der Waals surface area contributed by atoms with Gasteiger partial charge in [0.15, 0.2) is 0 Å². The van der Waals surface area contributed by atoms with Crippen molar-refractivity contribution < 1.29 is 4.42 Å². The first-order valence-electron chi connectivity index (χ1n) is 9.81. The molecule has 2 aromatic heterocycles. The maximum Gasteiger partial charge on any atom is 0.138 e. The van der Waals surface area contributed by atoms with E-state index in [-0.39, 0.29) is 0 Å². The van der Waals surface area contributed by atoms with Crippen LogP contribution in [-0.4, -0.2) is 4.98 Å². The molecule has 140 valence electrons. The Morgan fingerprint density at radius 3 is 2.14 bits per heavy atom. The van der Waals surface area contributed by atoms with Gasteiger partial charge in [0.25, 0.3) is 0 Å². The SMILES string of the molecule is Cc1cccc(C)c1-c1cc2cnc(-c3cccc(-c4ccccc4)c3)cc2o1. The van der Waals surface area contributed by atoms with Gasteiger partial charge in [0.2, 0.25) is 0 Å². The number of aryl methyl sites for hydroxylation is 2. The number of hydrogen-bond acceptors (Lipinski definition) is 2. The van der Waals surface area contributed by atoms with Gasteiger partial charge >= 0.3 is 0 Å². The lowest BCUT2D eigenvalue weighted by Crippen LogP contribution is -1.85. The van der Waals surface area contributed by atoms with Crippen LogP contribution in [0.5, 0.6) is 0 Å². The minimum Gasteiger partial charge on any atom is -0.456 e. The Bertz CT molecular complexity index is 1290. The molecular weight excluding hydrogens is 354 g/mol. The van der Waals surface area contributed by atoms with Crippen LogP contribution in [0.4, 0.5) is 0 Å². The number of rotatable bonds is 3. The Kier molecular flexibility index (Phi) is 4.25. The Balaban J connectivity index is 1.58. The van der Waals surface area contributed by atoms with Crippen LogP contribution in [-0.2, 0) is 0 Å². The summed E-state index contributed by atoms with van der Waals surface area (Å²) in [5.41, 5.74) is 8.83. The predicted octanol–water partition coefficient (Wildman–Crippen LogP) is 7.45. The standard InChI is InChI=1S/C27H21NO/c1-18-8-6-9-19(2)27(18)26-15-23-17-28-24(16-25(23)29-26)22-13-7-12-21(14-22)20-10-4-3-5-11-20/h3-17H,1-2H3. The van der Waals surface area contributed by atoms with Crippen molar-refractivity contribution in [2.75, 3.05) is 0 Å². The minimum absolute atomic E-state index is 0.859. The fourth-order valence-corrected chi connectivity index (χ4v) is 3.91. The van der Waals surface area contributed by atoms with Crippen molar-refractivity contribution in [3.8, 4) is 33.7 Å². The quantitative estimate of drug-likeness (QED) is 0.327. The Morgan fingerprint density at radius 1 is 0.655 bits per heavy atom. The zero-order valence-electron chi connectivity index (χ0n) is 16.5. The summed E-state index contributed by atoms with van der Waals surface area (Å²) in [6, 6.07) is 29.3. The average Bonchev–Trinajstić information content (AvgIpc) is 3.17. The van der Waals surface area contributed by atoms with E-state index in [9.17, 15) is 0 Å². The highest BCUT2D eigenvalue weighted by atomic mass is 16.3. The topological polar surface area (TPSA) is 26.0 Å². The average molecular weight is 375 g/mol. The number of nitrogens with zero attached hydrogens (tertiary/aromatic N) is 1. The molecule has 0 N–H and O–H groups in total. The molecule has 5 rings (SSSR count). The number of aromatic nitrogens is 1. The molecule has 2 heteroatoms. The van der Waals surface area contributed by atoms with Crippen molar-refractivity contribution in [3.05, 3.63) is 102 Å². The van der Waals surface area contributed by atoms with E-state index in [1.165, 1.54) is 22.3 Å². The van der Waals surface area contributed by atoms with Gasteiger partial charge in [0.1, 0.15) is 11.3 Å². The lowest BCUT2D eigenvalue weighted by Gasteiger charge is -2.06. The van der Waals surface area contributed by atoms with E-state index in [1.807, 2.05) is 18.3 Å². The maximum atomic E-state index is 6.25. The van der Waals surface area contributed by atoms with E-state index < -0.39 is 0 Å². The molecule has 5 aromatic rings. The molecule has 2 heterocycles. The molecule has 0 bridgehead atoms. The Hall–Kier alpha value is -3.65. The van der Waals surface area contributed by atoms with Crippen molar-refractivity contribution in [1.82, 2.24) is 4.98 Å². The van der Waals surface area contributed by atoms with Gasteiger partial charge in [0, 0.05) is 28.8 Å². The van der Waals surface area contributed by atoms with Crippen molar-refractivity contribution in [2.45, 2.75) is 13.8 Å². The third-order valence-electron chi connectivity index (χ3n) is 5.39. The van der Waals surface area contributed by atoms with E-state index in [4.69, 9.17) is 9.40 Å². The van der Waals surface area contributed by atoms with Gasteiger partial charge < -0.3 is 4.42 Å². The van der Waals surface area contributed by atoms with Gasteiger partial charge in [-0.3, -0.25) is 4.98 Å². The molecule has 0 aliphatic carbocycles. The van der Waals surface area contributed by atoms with E-state index in [2.05, 4.69) is 86.6 Å². The van der Waals surface area contributed by atoms with Crippen LogP contribution in [0.3, 0.4) is 0 Å². The van der Waals surface area contributed by atoms with Gasteiger partial charge in [-0.2, -0.15) is 0 Å². The molecule has 0 unspecified atom stereocenters. The molecule has 0 aliphatic rings. The van der Waals surface area contributed by atoms with Crippen LogP contribution in [0, 0.1) is 13.8 Å². The van der Waals surface area contributed by atoms with Gasteiger partial charge in [-0.25, -0.2) is 0 Å². The van der Waals surface area contributed by atoms with Crippen LogP contribution in [0.25, 0.3) is 44.7 Å². The zero-order valence-corrected chi connectivity index (χ0v) is 16.5. The second-order valence-electron chi connectivity index (χ2n) is 7.43. The van der Waals surface area contributed by atoms with E-state index in [0.29, 0.717) is 0 Å². The number of benzene rings is 3. The van der Waals surface area contributed by atoms with Crippen LogP contribution in [0.2, 0.25) is 0 Å². The number of hydrogen-bond donors (Lipinski definition) is 0. The lowest BCUT2D eigenvalue weighted by molar-refractivity contribution is 0.630. The van der Waals surface area contributed by atoms with Gasteiger partial charge in [-0.05, 0) is 48.2 Å². The van der Waals surface area contributed by atoms with Crippen LogP contribution in [0.15, 0.2) is 95.5 Å². The first-order chi connectivity index (χ1) is 14.2. The summed E-state index contributed by atoms with van der Waals surface area (Å²) < 4.78 is 6.25. The van der Waals surface area contributed by atoms with E-state index in [0.717, 1.165) is 33.6 Å². The molecule has 0 radical (unpaired) electrons. The van der Waals surface area contributed by atoms with Crippen molar-refractivity contribution in [3.63, 3.8) is 0 Å². The molecule has 2 nitrogen and oxygen atoms in total. The summed E-state index contributed by atoms with van der Waals surface area (Å²) in [6.07, 6.45) is 1.90. The molecule has 0 saturated heterocycles. The zero-order chi connectivity index (χ0) is 19.8. The van der Waals surface area contributed by atoms with Crippen LogP contribution < -0.4 is 0 Å². The highest BCUT2D eigenvalue weighted by Gasteiger charge is 2.12. The molecule has 0 fully saturated rings. The Labute approximate surface area is 170 Å². The van der Waals surface area contributed by atoms with Gasteiger partial charge in [-0.15, -0.1) is 0 Å². The van der Waals surface area contributed by atoms with Crippen molar-refractivity contribution in [1.29, 1.82) is 0 Å². The smallest absolute Gasteiger partial charge is 0.138 e. The monoisotopic (exact) mass is 375 g/mol. The second kappa shape index (κ2) is 7.06. The normalized spacial score (nSPS) is 11.1. The molecule has 29 heavy (non-hydrogen) atoms. The van der Waals surface area contributed by atoms with Crippen molar-refractivity contribution >= 4 is 11.0 Å². The summed E-state index contributed by atoms with van der Waals surface area (Å²) in [5.74, 6) is 0.896. The first kappa shape index (κ1) is 17.4. The minimum atomic E-state index is 0.859. The third-order valence-corrected chi connectivity index (χ3v) is 5.39.